The number of para-hydroxylation sites is 2. The van der Waals surface area contributed by atoms with Crippen molar-refractivity contribution >= 4 is 34.5 Å². The lowest BCUT2D eigenvalue weighted by Gasteiger charge is -2.46. The number of primary amides is 1. The zero-order valence-electron chi connectivity index (χ0n) is 30.0. The Morgan fingerprint density at radius 3 is 2.38 bits per heavy atom. The van der Waals surface area contributed by atoms with Crippen molar-refractivity contribution in [2.24, 2.45) is 11.7 Å². The number of nitrogens with zero attached hydrogens (tertiary/aromatic N) is 4. The minimum atomic E-state index is -1.76. The number of cyclic esters (lactones) is 1. The lowest BCUT2D eigenvalue weighted by Crippen LogP contribution is -2.53. The molecule has 3 aliphatic heterocycles. The van der Waals surface area contributed by atoms with Gasteiger partial charge in [-0.15, -0.1) is 5.10 Å². The number of aliphatic hydroxyl groups excluding tert-OH is 1. The molecule has 4 heterocycles. The second kappa shape index (κ2) is 14.1. The molecule has 0 radical (unpaired) electrons. The standard InChI is InChI=1S/C44H36N6O6/c45-41(52)36-38-42(53)56-39(29-15-5-2-6-16-29)37(28-13-3-1-4-14-28)50(38)40(30-17-7-10-20-35(30)55-25-24-51)44(36)31-26-27(21-22-32(31)46-43(44)54)12-11-23-49-34-19-9-8-18-33(34)47-48-49/h1-10,13-22,26,36-40,51H,23-25H2,(H2,45,52)(H,46,54)/t36-,37-,38-,39+,40+,44-/m0/s1. The van der Waals surface area contributed by atoms with Crippen molar-refractivity contribution in [3.05, 3.63) is 155 Å². The molecular weight excluding hydrogens is 709 g/mol. The van der Waals surface area contributed by atoms with Crippen LogP contribution >= 0.6 is 0 Å². The quantitative estimate of drug-likeness (QED) is 0.149. The van der Waals surface area contributed by atoms with E-state index in [-0.39, 0.29) is 19.8 Å². The van der Waals surface area contributed by atoms with Crippen molar-refractivity contribution in [3.63, 3.8) is 0 Å². The van der Waals surface area contributed by atoms with Crippen LogP contribution < -0.4 is 15.8 Å². The van der Waals surface area contributed by atoms with Crippen LogP contribution in [0.5, 0.6) is 5.75 Å². The van der Waals surface area contributed by atoms with Crippen LogP contribution in [0.15, 0.2) is 127 Å². The maximum Gasteiger partial charge on any atom is 0.324 e. The van der Waals surface area contributed by atoms with E-state index >= 15 is 4.79 Å². The van der Waals surface area contributed by atoms with E-state index < -0.39 is 53.3 Å². The highest BCUT2D eigenvalue weighted by molar-refractivity contribution is 6.12. The van der Waals surface area contributed by atoms with Crippen molar-refractivity contribution in [3.8, 4) is 17.6 Å². The topological polar surface area (TPSA) is 162 Å². The van der Waals surface area contributed by atoms with Gasteiger partial charge in [-0.2, -0.15) is 0 Å². The van der Waals surface area contributed by atoms with Crippen LogP contribution in [-0.4, -0.2) is 62.0 Å². The molecule has 278 valence electrons. The van der Waals surface area contributed by atoms with Crippen LogP contribution in [0.3, 0.4) is 0 Å². The van der Waals surface area contributed by atoms with Gasteiger partial charge in [0.2, 0.25) is 11.8 Å². The number of nitrogens with one attached hydrogen (secondary N) is 1. The maximum absolute atomic E-state index is 15.1. The number of hydrogen-bond donors (Lipinski definition) is 3. The smallest absolute Gasteiger partial charge is 0.324 e. The number of esters is 1. The zero-order chi connectivity index (χ0) is 38.4. The maximum atomic E-state index is 15.1. The summed E-state index contributed by atoms with van der Waals surface area (Å²) >= 11 is 0. The molecule has 1 spiro atoms. The fraction of sp³-hybridized carbons (Fsp3) is 0.205. The molecule has 5 aromatic carbocycles. The van der Waals surface area contributed by atoms with Crippen molar-refractivity contribution < 1.29 is 29.0 Å². The number of aliphatic hydroxyl groups is 1. The first-order valence-electron chi connectivity index (χ1n) is 18.3. The predicted octanol–water partition coefficient (Wildman–Crippen LogP) is 4.61. The summed E-state index contributed by atoms with van der Waals surface area (Å²) in [5.41, 5.74) is 9.81. The molecule has 56 heavy (non-hydrogen) atoms. The van der Waals surface area contributed by atoms with Gasteiger partial charge in [-0.25, -0.2) is 4.68 Å². The van der Waals surface area contributed by atoms with Crippen LogP contribution in [0.4, 0.5) is 5.69 Å². The van der Waals surface area contributed by atoms with Gasteiger partial charge in [-0.3, -0.25) is 19.3 Å². The minimum Gasteiger partial charge on any atom is -0.491 e. The Labute approximate surface area is 321 Å². The number of carbonyl (C=O) groups excluding carboxylic acids is 3. The van der Waals surface area contributed by atoms with Crippen molar-refractivity contribution in [2.45, 2.75) is 36.2 Å². The monoisotopic (exact) mass is 744 g/mol. The lowest BCUT2D eigenvalue weighted by atomic mass is 9.65. The number of carbonyl (C=O) groups is 3. The number of nitrogens with two attached hydrogens (primary N) is 1. The summed E-state index contributed by atoms with van der Waals surface area (Å²) in [6.45, 7) is -0.0334. The molecule has 2 amide bonds. The fourth-order valence-corrected chi connectivity index (χ4v) is 8.92. The summed E-state index contributed by atoms with van der Waals surface area (Å²) < 4.78 is 14.2. The Kier molecular flexibility index (Phi) is 8.80. The number of ether oxygens (including phenoxy) is 2. The van der Waals surface area contributed by atoms with Gasteiger partial charge < -0.3 is 25.6 Å². The number of fused-ring (bicyclic) bond motifs is 4. The molecule has 9 rings (SSSR count). The highest BCUT2D eigenvalue weighted by atomic mass is 16.6. The van der Waals surface area contributed by atoms with Gasteiger partial charge in [0.1, 0.15) is 42.0 Å². The summed E-state index contributed by atoms with van der Waals surface area (Å²) in [6, 6.07) is 36.2. The van der Waals surface area contributed by atoms with Crippen LogP contribution in [0, 0.1) is 17.8 Å². The zero-order valence-corrected chi connectivity index (χ0v) is 30.0. The molecule has 12 heteroatoms. The van der Waals surface area contributed by atoms with E-state index in [1.807, 2.05) is 102 Å². The molecule has 0 bridgehead atoms. The third-order valence-electron chi connectivity index (χ3n) is 11.1. The van der Waals surface area contributed by atoms with E-state index in [1.54, 1.807) is 35.0 Å². The van der Waals surface area contributed by atoms with Gasteiger partial charge >= 0.3 is 5.97 Å². The SMILES string of the molecule is NC(=O)[C@@H]1[C@H]2C(=O)O[C@H](c3ccccc3)[C@H](c3ccccc3)N2[C@H](c2ccccc2OCCO)[C@@]12C(=O)Nc1ccc(C#CCn3nnc4ccccc43)cc12. The number of hydrogen-bond acceptors (Lipinski definition) is 9. The molecule has 0 unspecified atom stereocenters. The second-order valence-electron chi connectivity index (χ2n) is 14.0. The molecule has 6 atom stereocenters. The van der Waals surface area contributed by atoms with Crippen molar-refractivity contribution in [1.82, 2.24) is 19.9 Å². The molecule has 6 aromatic rings. The van der Waals surface area contributed by atoms with Crippen LogP contribution in [0.1, 0.15) is 46.0 Å². The highest BCUT2D eigenvalue weighted by Crippen LogP contribution is 2.65. The number of benzene rings is 5. The molecule has 2 fully saturated rings. The Balaban J connectivity index is 1.27. The third kappa shape index (κ3) is 5.51. The van der Waals surface area contributed by atoms with Gasteiger partial charge in [0, 0.05) is 16.8 Å². The Hall–Kier alpha value is -6.81. The van der Waals surface area contributed by atoms with E-state index in [0.29, 0.717) is 28.1 Å². The normalized spacial score (nSPS) is 23.8. The van der Waals surface area contributed by atoms with Gasteiger partial charge in [-0.05, 0) is 53.1 Å². The van der Waals surface area contributed by atoms with E-state index in [9.17, 15) is 14.7 Å². The summed E-state index contributed by atoms with van der Waals surface area (Å²) in [5, 5.41) is 21.3. The number of rotatable bonds is 8. The van der Waals surface area contributed by atoms with Crippen LogP contribution in [0.2, 0.25) is 0 Å². The summed E-state index contributed by atoms with van der Waals surface area (Å²) in [4.78, 5) is 45.8. The first-order chi connectivity index (χ1) is 27.4. The van der Waals surface area contributed by atoms with Gasteiger partial charge in [-0.1, -0.05) is 108 Å². The number of morpholine rings is 1. The fourth-order valence-electron chi connectivity index (χ4n) is 8.92. The second-order valence-corrected chi connectivity index (χ2v) is 14.0. The number of aromatic nitrogens is 3. The van der Waals surface area contributed by atoms with Crippen molar-refractivity contribution in [2.75, 3.05) is 18.5 Å². The van der Waals surface area contributed by atoms with E-state index in [0.717, 1.165) is 22.2 Å². The average Bonchev–Trinajstić information content (AvgIpc) is 3.88. The largest absolute Gasteiger partial charge is 0.491 e. The molecule has 0 saturated carbocycles. The Morgan fingerprint density at radius 2 is 1.61 bits per heavy atom. The molecule has 1 aromatic heterocycles. The first-order valence-corrected chi connectivity index (χ1v) is 18.3. The Morgan fingerprint density at radius 1 is 0.893 bits per heavy atom. The van der Waals surface area contributed by atoms with E-state index in [1.165, 1.54) is 0 Å². The van der Waals surface area contributed by atoms with Gasteiger partial charge in [0.15, 0.2) is 0 Å². The van der Waals surface area contributed by atoms with Crippen molar-refractivity contribution in [1.29, 1.82) is 0 Å². The molecular formula is C44H36N6O6. The molecule has 4 N–H and O–H groups in total. The molecule has 12 nitrogen and oxygen atoms in total. The Bertz CT molecular complexity index is 2550. The van der Waals surface area contributed by atoms with Crippen LogP contribution in [-0.2, 0) is 31.1 Å². The lowest BCUT2D eigenvalue weighted by molar-refractivity contribution is -0.178. The summed E-state index contributed by atoms with van der Waals surface area (Å²) in [7, 11) is 0. The number of amides is 2. The minimum absolute atomic E-state index is 0.0280. The first kappa shape index (κ1) is 34.9. The molecule has 0 aliphatic carbocycles. The number of anilines is 1. The predicted molar refractivity (Wildman–Crippen MR) is 206 cm³/mol. The molecule has 2 saturated heterocycles. The van der Waals surface area contributed by atoms with Gasteiger partial charge in [0.25, 0.3) is 0 Å². The average molecular weight is 745 g/mol. The van der Waals surface area contributed by atoms with E-state index in [2.05, 4.69) is 27.5 Å². The molecule has 3 aliphatic rings. The third-order valence-corrected chi connectivity index (χ3v) is 11.1. The van der Waals surface area contributed by atoms with Crippen LogP contribution in [0.25, 0.3) is 11.0 Å². The van der Waals surface area contributed by atoms with E-state index in [4.69, 9.17) is 15.2 Å². The van der Waals surface area contributed by atoms with Gasteiger partial charge in [0.05, 0.1) is 30.1 Å². The highest BCUT2D eigenvalue weighted by Gasteiger charge is 2.74. The summed E-state index contributed by atoms with van der Waals surface area (Å²) in [5.74, 6) is 3.38. The summed E-state index contributed by atoms with van der Waals surface area (Å²) in [6.07, 6.45) is -0.826.